The maximum atomic E-state index is 13.2. The number of nitrogens with zero attached hydrogens (tertiary/aromatic N) is 5. The van der Waals surface area contributed by atoms with Gasteiger partial charge in [-0.15, -0.1) is 0 Å². The van der Waals surface area contributed by atoms with Gasteiger partial charge in [-0.3, -0.25) is 9.89 Å². The second-order valence-corrected chi connectivity index (χ2v) is 8.04. The maximum Gasteiger partial charge on any atom is 0.255 e. The van der Waals surface area contributed by atoms with E-state index in [2.05, 4.69) is 26.1 Å². The number of aromatic amines is 1. The van der Waals surface area contributed by atoms with Gasteiger partial charge < -0.3 is 14.4 Å². The Hall–Kier alpha value is -3.09. The molecule has 7 heteroatoms. The molecule has 0 atom stereocenters. The van der Waals surface area contributed by atoms with Crippen LogP contribution in [0.1, 0.15) is 46.2 Å². The topological polar surface area (TPSA) is 70.1 Å². The lowest BCUT2D eigenvalue weighted by Crippen LogP contribution is -2.49. The van der Waals surface area contributed by atoms with Crippen LogP contribution in [0.25, 0.3) is 5.82 Å². The van der Waals surface area contributed by atoms with Gasteiger partial charge in [0.05, 0.1) is 5.56 Å². The lowest BCUT2D eigenvalue weighted by molar-refractivity contribution is 0.0746. The van der Waals surface area contributed by atoms with Crippen LogP contribution in [-0.2, 0) is 0 Å². The minimum absolute atomic E-state index is 0.0978. The predicted molar refractivity (Wildman–Crippen MR) is 112 cm³/mol. The number of amides is 1. The van der Waals surface area contributed by atoms with E-state index in [1.807, 2.05) is 47.6 Å². The van der Waals surface area contributed by atoms with Crippen molar-refractivity contribution in [2.45, 2.75) is 32.6 Å². The molecule has 1 aliphatic carbocycles. The Labute approximate surface area is 170 Å². The molecular formula is C22H26N6O. The fourth-order valence-corrected chi connectivity index (χ4v) is 4.22. The molecule has 0 spiro atoms. The summed E-state index contributed by atoms with van der Waals surface area (Å²) < 4.78 is 2.05. The number of piperazine rings is 1. The van der Waals surface area contributed by atoms with E-state index in [9.17, 15) is 4.79 Å². The average molecular weight is 390 g/mol. The molecule has 150 valence electrons. The largest absolute Gasteiger partial charge is 0.352 e. The van der Waals surface area contributed by atoms with Gasteiger partial charge in [0.15, 0.2) is 5.82 Å². The summed E-state index contributed by atoms with van der Waals surface area (Å²) in [6.45, 7) is 7.04. The first-order chi connectivity index (χ1) is 14.1. The van der Waals surface area contributed by atoms with E-state index in [4.69, 9.17) is 0 Å². The van der Waals surface area contributed by atoms with Gasteiger partial charge in [0.1, 0.15) is 5.82 Å². The number of pyridine rings is 1. The molecule has 3 aromatic heterocycles. The summed E-state index contributed by atoms with van der Waals surface area (Å²) in [7, 11) is 0. The van der Waals surface area contributed by atoms with E-state index in [0.29, 0.717) is 19.0 Å². The normalized spacial score (nSPS) is 17.0. The van der Waals surface area contributed by atoms with E-state index in [0.717, 1.165) is 41.7 Å². The number of aromatic nitrogens is 4. The predicted octanol–water partition coefficient (Wildman–Crippen LogP) is 3.05. The van der Waals surface area contributed by atoms with Crippen molar-refractivity contribution in [2.24, 2.45) is 0 Å². The molecule has 7 nitrogen and oxygen atoms in total. The van der Waals surface area contributed by atoms with Crippen LogP contribution >= 0.6 is 0 Å². The Morgan fingerprint density at radius 2 is 1.86 bits per heavy atom. The SMILES string of the molecule is Cc1cc(C(=O)N2CCN(c3cc(C4CC4)[nH]n3)CC2)c(C)n1-c1ccccn1. The fraction of sp³-hybridized carbons (Fsp3) is 0.409. The van der Waals surface area contributed by atoms with Crippen LogP contribution < -0.4 is 4.90 Å². The van der Waals surface area contributed by atoms with Gasteiger partial charge in [-0.25, -0.2) is 4.98 Å². The molecule has 0 unspecified atom stereocenters. The molecule has 0 radical (unpaired) electrons. The molecule has 1 saturated carbocycles. The average Bonchev–Trinajstić information content (AvgIpc) is 3.40. The Morgan fingerprint density at radius 1 is 1.07 bits per heavy atom. The second-order valence-electron chi connectivity index (χ2n) is 8.04. The van der Waals surface area contributed by atoms with Gasteiger partial charge in [0.25, 0.3) is 5.91 Å². The molecule has 3 aromatic rings. The molecule has 1 amide bonds. The number of aryl methyl sites for hydroxylation is 1. The highest BCUT2D eigenvalue weighted by atomic mass is 16.2. The zero-order valence-corrected chi connectivity index (χ0v) is 16.9. The van der Waals surface area contributed by atoms with Crippen LogP contribution in [0, 0.1) is 13.8 Å². The molecule has 1 saturated heterocycles. The van der Waals surface area contributed by atoms with Gasteiger partial charge in [-0.2, -0.15) is 5.10 Å². The zero-order valence-electron chi connectivity index (χ0n) is 16.9. The highest BCUT2D eigenvalue weighted by Gasteiger charge is 2.29. The number of nitrogens with one attached hydrogen (secondary N) is 1. The molecule has 1 aliphatic heterocycles. The minimum Gasteiger partial charge on any atom is -0.352 e. The van der Waals surface area contributed by atoms with Crippen LogP contribution in [0.3, 0.4) is 0 Å². The Bertz CT molecular complexity index is 1030. The van der Waals surface area contributed by atoms with Crippen molar-refractivity contribution >= 4 is 11.7 Å². The van der Waals surface area contributed by atoms with Gasteiger partial charge in [0, 0.05) is 61.4 Å². The minimum atomic E-state index is 0.0978. The molecule has 0 aromatic carbocycles. The second kappa shape index (κ2) is 7.06. The number of H-pyrrole nitrogens is 1. The fourth-order valence-electron chi connectivity index (χ4n) is 4.22. The summed E-state index contributed by atoms with van der Waals surface area (Å²) in [6.07, 6.45) is 4.31. The van der Waals surface area contributed by atoms with E-state index < -0.39 is 0 Å². The summed E-state index contributed by atoms with van der Waals surface area (Å²) in [5.41, 5.74) is 3.97. The van der Waals surface area contributed by atoms with Gasteiger partial charge in [0.2, 0.25) is 0 Å². The van der Waals surface area contributed by atoms with Crippen molar-refractivity contribution in [3.8, 4) is 5.82 Å². The van der Waals surface area contributed by atoms with Crippen LogP contribution in [0.4, 0.5) is 5.82 Å². The first-order valence-corrected chi connectivity index (χ1v) is 10.3. The number of carbonyl (C=O) groups is 1. The molecule has 2 fully saturated rings. The van der Waals surface area contributed by atoms with Crippen molar-refractivity contribution < 1.29 is 4.79 Å². The smallest absolute Gasteiger partial charge is 0.255 e. The van der Waals surface area contributed by atoms with Crippen molar-refractivity contribution in [1.29, 1.82) is 0 Å². The molecular weight excluding hydrogens is 364 g/mol. The Kier molecular flexibility index (Phi) is 4.38. The lowest BCUT2D eigenvalue weighted by atomic mass is 10.2. The molecule has 29 heavy (non-hydrogen) atoms. The van der Waals surface area contributed by atoms with Crippen LogP contribution in [-0.4, -0.2) is 56.7 Å². The standard InChI is InChI=1S/C22H26N6O/c1-15-13-18(16(2)28(15)20-5-3-4-8-23-20)22(29)27-11-9-26(10-12-27)21-14-19(24-25-21)17-6-7-17/h3-5,8,13-14,17H,6-7,9-12H2,1-2H3,(H,24,25). The van der Waals surface area contributed by atoms with E-state index in [1.54, 1.807) is 6.20 Å². The number of carbonyl (C=O) groups excluding carboxylic acids is 1. The summed E-state index contributed by atoms with van der Waals surface area (Å²) >= 11 is 0. The maximum absolute atomic E-state index is 13.2. The number of hydrogen-bond acceptors (Lipinski definition) is 4. The Balaban J connectivity index is 1.29. The van der Waals surface area contributed by atoms with E-state index in [-0.39, 0.29) is 5.91 Å². The Morgan fingerprint density at radius 3 is 2.55 bits per heavy atom. The molecule has 1 N–H and O–H groups in total. The van der Waals surface area contributed by atoms with Gasteiger partial charge in [-0.05, 0) is 44.9 Å². The van der Waals surface area contributed by atoms with Crippen molar-refractivity contribution in [1.82, 2.24) is 24.6 Å². The lowest BCUT2D eigenvalue weighted by Gasteiger charge is -2.34. The first-order valence-electron chi connectivity index (χ1n) is 10.3. The summed E-state index contributed by atoms with van der Waals surface area (Å²) in [6, 6.07) is 9.98. The highest BCUT2D eigenvalue weighted by molar-refractivity contribution is 5.96. The molecule has 0 bridgehead atoms. The number of hydrogen-bond donors (Lipinski definition) is 1. The number of anilines is 1. The van der Waals surface area contributed by atoms with Crippen molar-refractivity contribution in [2.75, 3.05) is 31.1 Å². The van der Waals surface area contributed by atoms with Crippen LogP contribution in [0.15, 0.2) is 36.5 Å². The number of rotatable bonds is 4. The molecule has 5 rings (SSSR count). The van der Waals surface area contributed by atoms with E-state index in [1.165, 1.54) is 18.5 Å². The van der Waals surface area contributed by atoms with Crippen molar-refractivity contribution in [3.63, 3.8) is 0 Å². The third kappa shape index (κ3) is 3.30. The summed E-state index contributed by atoms with van der Waals surface area (Å²) in [4.78, 5) is 21.9. The van der Waals surface area contributed by atoms with E-state index >= 15 is 0 Å². The molecule has 2 aliphatic rings. The highest BCUT2D eigenvalue weighted by Crippen LogP contribution is 2.39. The van der Waals surface area contributed by atoms with Crippen molar-refractivity contribution in [3.05, 3.63) is 59.2 Å². The first kappa shape index (κ1) is 18.0. The molecule has 4 heterocycles. The monoisotopic (exact) mass is 390 g/mol. The third-order valence-electron chi connectivity index (χ3n) is 6.03. The van der Waals surface area contributed by atoms with Crippen LogP contribution in [0.5, 0.6) is 0 Å². The third-order valence-corrected chi connectivity index (χ3v) is 6.03. The quantitative estimate of drug-likeness (QED) is 0.743. The van der Waals surface area contributed by atoms with Gasteiger partial charge >= 0.3 is 0 Å². The van der Waals surface area contributed by atoms with Crippen LogP contribution in [0.2, 0.25) is 0 Å². The summed E-state index contributed by atoms with van der Waals surface area (Å²) in [5, 5.41) is 7.65. The summed E-state index contributed by atoms with van der Waals surface area (Å²) in [5.74, 6) is 2.62. The van der Waals surface area contributed by atoms with Gasteiger partial charge in [-0.1, -0.05) is 6.07 Å². The zero-order chi connectivity index (χ0) is 20.0.